The van der Waals surface area contributed by atoms with Crippen molar-refractivity contribution in [3.63, 3.8) is 0 Å². The minimum absolute atomic E-state index is 0.116. The maximum absolute atomic E-state index is 12.1. The van der Waals surface area contributed by atoms with Gasteiger partial charge in [0, 0.05) is 17.8 Å². The lowest BCUT2D eigenvalue weighted by Crippen LogP contribution is -2.16. The summed E-state index contributed by atoms with van der Waals surface area (Å²) in [5, 5.41) is 3.19. The Morgan fingerprint density at radius 1 is 1.29 bits per heavy atom. The number of thioether (sulfide) groups is 1. The van der Waals surface area contributed by atoms with E-state index in [0.717, 1.165) is 0 Å². The average Bonchev–Trinajstić information content (AvgIpc) is 2.59. The summed E-state index contributed by atoms with van der Waals surface area (Å²) in [5.74, 6) is 1.03. The van der Waals surface area contributed by atoms with E-state index in [2.05, 4.69) is 15.3 Å². The summed E-state index contributed by atoms with van der Waals surface area (Å²) < 4.78 is 10.4. The summed E-state index contributed by atoms with van der Waals surface area (Å²) in [4.78, 5) is 30.5. The fourth-order valence-corrected chi connectivity index (χ4v) is 2.65. The molecule has 1 heterocycles. The Balaban J connectivity index is 2.01. The minimum atomic E-state index is -0.229. The van der Waals surface area contributed by atoms with Gasteiger partial charge in [-0.2, -0.15) is 0 Å². The zero-order valence-corrected chi connectivity index (χ0v) is 14.5. The van der Waals surface area contributed by atoms with Gasteiger partial charge in [0.2, 0.25) is 5.91 Å². The van der Waals surface area contributed by atoms with Crippen LogP contribution in [0.5, 0.6) is 11.5 Å². The Bertz CT molecular complexity index is 776. The van der Waals surface area contributed by atoms with Crippen LogP contribution in [0.2, 0.25) is 0 Å². The van der Waals surface area contributed by atoms with Crippen LogP contribution in [-0.4, -0.2) is 35.8 Å². The molecule has 24 heavy (non-hydrogen) atoms. The largest absolute Gasteiger partial charge is 0.497 e. The van der Waals surface area contributed by atoms with Gasteiger partial charge in [-0.3, -0.25) is 9.59 Å². The van der Waals surface area contributed by atoms with Crippen LogP contribution in [-0.2, 0) is 11.2 Å². The number of aromatic amines is 1. The number of methoxy groups -OCH3 is 2. The van der Waals surface area contributed by atoms with Crippen LogP contribution < -0.4 is 20.3 Å². The van der Waals surface area contributed by atoms with Gasteiger partial charge < -0.3 is 19.8 Å². The summed E-state index contributed by atoms with van der Waals surface area (Å²) in [6.45, 7) is 1.92. The molecule has 0 aliphatic heterocycles. The Morgan fingerprint density at radius 2 is 2.08 bits per heavy atom. The van der Waals surface area contributed by atoms with Crippen LogP contribution >= 0.6 is 11.8 Å². The number of nitrogens with one attached hydrogen (secondary N) is 2. The molecule has 0 saturated heterocycles. The van der Waals surface area contributed by atoms with Gasteiger partial charge in [-0.15, -0.1) is 0 Å². The van der Waals surface area contributed by atoms with Gasteiger partial charge in [0.05, 0.1) is 25.7 Å². The van der Waals surface area contributed by atoms with E-state index in [-0.39, 0.29) is 17.2 Å². The van der Waals surface area contributed by atoms with Gasteiger partial charge in [0.25, 0.3) is 5.56 Å². The second-order valence-electron chi connectivity index (χ2n) is 4.80. The van der Waals surface area contributed by atoms with Crippen molar-refractivity contribution < 1.29 is 14.3 Å². The van der Waals surface area contributed by atoms with Crippen molar-refractivity contribution in [1.29, 1.82) is 0 Å². The lowest BCUT2D eigenvalue weighted by Gasteiger charge is -2.11. The van der Waals surface area contributed by atoms with E-state index in [1.165, 1.54) is 24.9 Å². The minimum Gasteiger partial charge on any atom is -0.497 e. The number of aromatic nitrogens is 2. The number of benzene rings is 1. The predicted octanol–water partition coefficient (Wildman–Crippen LogP) is 2.08. The number of carbonyl (C=O) groups excluding carboxylic acids is 1. The first-order valence-electron chi connectivity index (χ1n) is 7.30. The van der Waals surface area contributed by atoms with Crippen molar-refractivity contribution in [1.82, 2.24) is 9.97 Å². The highest BCUT2D eigenvalue weighted by atomic mass is 32.2. The van der Waals surface area contributed by atoms with E-state index in [4.69, 9.17) is 9.47 Å². The molecule has 1 aromatic carbocycles. The molecule has 0 aliphatic carbocycles. The van der Waals surface area contributed by atoms with Crippen molar-refractivity contribution in [3.8, 4) is 11.5 Å². The number of ether oxygens (including phenoxy) is 2. The molecule has 1 amide bonds. The van der Waals surface area contributed by atoms with E-state index in [1.54, 1.807) is 25.3 Å². The summed E-state index contributed by atoms with van der Waals surface area (Å²) in [5.41, 5.74) is 1.02. The lowest BCUT2D eigenvalue weighted by molar-refractivity contribution is -0.113. The second kappa shape index (κ2) is 8.39. The number of rotatable bonds is 7. The third kappa shape index (κ3) is 4.76. The number of H-pyrrole nitrogens is 1. The number of aryl methyl sites for hydroxylation is 1. The van der Waals surface area contributed by atoms with Crippen molar-refractivity contribution >= 4 is 23.4 Å². The van der Waals surface area contributed by atoms with E-state index in [0.29, 0.717) is 34.5 Å². The molecular formula is C16H19N3O4S. The van der Waals surface area contributed by atoms with Gasteiger partial charge in [0.15, 0.2) is 5.16 Å². The van der Waals surface area contributed by atoms with Gasteiger partial charge in [-0.1, -0.05) is 18.7 Å². The van der Waals surface area contributed by atoms with Crippen LogP contribution in [0.15, 0.2) is 34.2 Å². The van der Waals surface area contributed by atoms with Crippen molar-refractivity contribution in [2.75, 3.05) is 25.3 Å². The van der Waals surface area contributed by atoms with Crippen LogP contribution in [0.1, 0.15) is 12.6 Å². The maximum atomic E-state index is 12.1. The van der Waals surface area contributed by atoms with Crippen LogP contribution in [0.25, 0.3) is 0 Å². The van der Waals surface area contributed by atoms with Gasteiger partial charge >= 0.3 is 0 Å². The van der Waals surface area contributed by atoms with Crippen LogP contribution in [0, 0.1) is 0 Å². The first-order valence-corrected chi connectivity index (χ1v) is 8.29. The van der Waals surface area contributed by atoms with Gasteiger partial charge in [-0.05, 0) is 18.6 Å². The molecule has 128 valence electrons. The molecule has 8 heteroatoms. The molecule has 0 bridgehead atoms. The first-order chi connectivity index (χ1) is 11.5. The lowest BCUT2D eigenvalue weighted by atomic mass is 10.2. The standard InChI is InChI=1S/C16H19N3O4S/c1-4-10-7-14(20)19-16(17-10)24-9-15(21)18-12-6-5-11(22-2)8-13(12)23-3/h5-8H,4,9H2,1-3H3,(H,18,21)(H,17,19,20). The highest BCUT2D eigenvalue weighted by Gasteiger charge is 2.10. The Morgan fingerprint density at radius 3 is 2.75 bits per heavy atom. The molecule has 0 unspecified atom stereocenters. The fourth-order valence-electron chi connectivity index (χ4n) is 1.95. The third-order valence-electron chi connectivity index (χ3n) is 3.16. The number of nitrogens with zero attached hydrogens (tertiary/aromatic N) is 1. The molecular weight excluding hydrogens is 330 g/mol. The van der Waals surface area contributed by atoms with Crippen LogP contribution in [0.3, 0.4) is 0 Å². The SMILES string of the molecule is CCc1cc(=O)[nH]c(SCC(=O)Nc2ccc(OC)cc2OC)n1. The second-order valence-corrected chi connectivity index (χ2v) is 5.76. The number of amides is 1. The summed E-state index contributed by atoms with van der Waals surface area (Å²) in [6.07, 6.45) is 0.659. The smallest absolute Gasteiger partial charge is 0.251 e. The van der Waals surface area contributed by atoms with Crippen molar-refractivity contribution in [3.05, 3.63) is 40.3 Å². The molecule has 7 nitrogen and oxygen atoms in total. The first kappa shape index (κ1) is 17.9. The quantitative estimate of drug-likeness (QED) is 0.587. The zero-order valence-electron chi connectivity index (χ0n) is 13.7. The molecule has 0 spiro atoms. The highest BCUT2D eigenvalue weighted by Crippen LogP contribution is 2.29. The summed E-state index contributed by atoms with van der Waals surface area (Å²) in [6, 6.07) is 6.58. The number of hydrogen-bond acceptors (Lipinski definition) is 6. The molecule has 2 rings (SSSR count). The predicted molar refractivity (Wildman–Crippen MR) is 93.1 cm³/mol. The van der Waals surface area contributed by atoms with Gasteiger partial charge in [-0.25, -0.2) is 4.98 Å². The fraction of sp³-hybridized carbons (Fsp3) is 0.312. The number of carbonyl (C=O) groups is 1. The number of hydrogen-bond donors (Lipinski definition) is 2. The molecule has 0 radical (unpaired) electrons. The van der Waals surface area contributed by atoms with E-state index in [9.17, 15) is 9.59 Å². The Kier molecular flexibility index (Phi) is 6.25. The molecule has 0 saturated carbocycles. The third-order valence-corrected chi connectivity index (χ3v) is 4.03. The van der Waals surface area contributed by atoms with E-state index in [1.807, 2.05) is 6.92 Å². The molecule has 0 atom stereocenters. The van der Waals surface area contributed by atoms with Crippen LogP contribution in [0.4, 0.5) is 5.69 Å². The normalized spacial score (nSPS) is 10.3. The highest BCUT2D eigenvalue weighted by molar-refractivity contribution is 7.99. The molecule has 1 aromatic heterocycles. The van der Waals surface area contributed by atoms with Crippen molar-refractivity contribution in [2.24, 2.45) is 0 Å². The molecule has 2 N–H and O–H groups in total. The van der Waals surface area contributed by atoms with E-state index >= 15 is 0 Å². The monoisotopic (exact) mass is 349 g/mol. The topological polar surface area (TPSA) is 93.3 Å². The Hall–Kier alpha value is -2.48. The zero-order chi connectivity index (χ0) is 17.5. The summed E-state index contributed by atoms with van der Waals surface area (Å²) in [7, 11) is 3.08. The van der Waals surface area contributed by atoms with E-state index < -0.39 is 0 Å². The van der Waals surface area contributed by atoms with Gasteiger partial charge in [0.1, 0.15) is 11.5 Å². The number of anilines is 1. The molecule has 0 aliphatic rings. The Labute approximate surface area is 143 Å². The molecule has 0 fully saturated rings. The summed E-state index contributed by atoms with van der Waals surface area (Å²) >= 11 is 1.17. The van der Waals surface area contributed by atoms with Crippen molar-refractivity contribution in [2.45, 2.75) is 18.5 Å². The molecule has 2 aromatic rings. The average molecular weight is 349 g/mol. The maximum Gasteiger partial charge on any atom is 0.251 e.